The van der Waals surface area contributed by atoms with E-state index < -0.39 is 81.2 Å². The molecule has 1 aromatic heterocycles. The summed E-state index contributed by atoms with van der Waals surface area (Å²) in [6.45, 7) is 1.89. The number of aromatic hydroxyl groups is 1. The van der Waals surface area contributed by atoms with E-state index in [1.807, 2.05) is 0 Å². The van der Waals surface area contributed by atoms with Crippen molar-refractivity contribution in [3.05, 3.63) is 93.1 Å². The van der Waals surface area contributed by atoms with Gasteiger partial charge in [0.1, 0.15) is 0 Å². The lowest BCUT2D eigenvalue weighted by molar-refractivity contribution is -0.173. The lowest BCUT2D eigenvalue weighted by Crippen LogP contribution is -2.53. The number of halogens is 5. The molecule has 2 aromatic carbocycles. The molecule has 2 aliphatic carbocycles. The Hall–Kier alpha value is -4.66. The van der Waals surface area contributed by atoms with E-state index in [2.05, 4.69) is 10.4 Å². The summed E-state index contributed by atoms with van der Waals surface area (Å²) in [4.78, 5) is 59.8. The molecule has 50 heavy (non-hydrogen) atoms. The van der Waals surface area contributed by atoms with Crippen LogP contribution in [0.5, 0.6) is 11.5 Å². The number of para-hydroxylation sites is 1. The number of carbonyl (C=O) groups is 4. The van der Waals surface area contributed by atoms with Gasteiger partial charge in [-0.3, -0.25) is 29.8 Å². The quantitative estimate of drug-likeness (QED) is 0.160. The number of aromatic nitrogens is 1. The molecule has 11 nitrogen and oxygen atoms in total. The number of nitrogens with zero attached hydrogens (tertiary/aromatic N) is 3. The van der Waals surface area contributed by atoms with Crippen molar-refractivity contribution in [2.75, 3.05) is 12.0 Å². The summed E-state index contributed by atoms with van der Waals surface area (Å²) in [5, 5.41) is 22.6. The van der Waals surface area contributed by atoms with Crippen LogP contribution in [-0.4, -0.2) is 55.6 Å². The molecule has 7 rings (SSSR count). The molecule has 0 radical (unpaired) electrons. The molecular weight excluding hydrogens is 704 g/mol. The van der Waals surface area contributed by atoms with Crippen molar-refractivity contribution in [1.82, 2.24) is 15.1 Å². The SMILES string of the molecule is CCOc1cccc([C@H]2C3=CC[C@@H]4C(=O)N(O)C(=O)[C@@H]4[C@@H]3C[C@H]3C(=O)N(Nc4ncc(C(F)(F)F)cc4Cl)C(=O)[C@@]23c2ccc(Cl)cc2)c1O. The van der Waals surface area contributed by atoms with Gasteiger partial charge < -0.3 is 9.84 Å². The average Bonchev–Trinajstić information content (AvgIpc) is 3.43. The second-order valence-electron chi connectivity index (χ2n) is 12.5. The molecule has 2 aliphatic heterocycles. The Morgan fingerprint density at radius 3 is 2.42 bits per heavy atom. The zero-order valence-electron chi connectivity index (χ0n) is 25.9. The molecule has 260 valence electrons. The molecule has 3 heterocycles. The molecule has 16 heteroatoms. The zero-order chi connectivity index (χ0) is 35.9. The smallest absolute Gasteiger partial charge is 0.417 e. The second-order valence-corrected chi connectivity index (χ2v) is 13.4. The number of alkyl halides is 3. The van der Waals surface area contributed by atoms with Gasteiger partial charge in [0, 0.05) is 22.7 Å². The largest absolute Gasteiger partial charge is 0.504 e. The number of hydrazine groups is 1. The topological polar surface area (TPSA) is 149 Å². The van der Waals surface area contributed by atoms with Gasteiger partial charge in [-0.2, -0.15) is 23.2 Å². The molecular formula is C34H27Cl2F3N4O7. The van der Waals surface area contributed by atoms with Crippen molar-refractivity contribution in [2.24, 2.45) is 23.7 Å². The van der Waals surface area contributed by atoms with Crippen LogP contribution in [0.25, 0.3) is 0 Å². The van der Waals surface area contributed by atoms with Crippen molar-refractivity contribution in [3.8, 4) is 11.5 Å². The lowest BCUT2D eigenvalue weighted by atomic mass is 9.49. The molecule has 1 saturated carbocycles. The molecule has 3 N–H and O–H groups in total. The number of imide groups is 2. The Bertz CT molecular complexity index is 1990. The molecule has 2 saturated heterocycles. The highest BCUT2D eigenvalue weighted by Gasteiger charge is 2.70. The fourth-order valence-corrected chi connectivity index (χ4v) is 8.49. The van der Waals surface area contributed by atoms with Crippen molar-refractivity contribution in [2.45, 2.75) is 37.3 Å². The van der Waals surface area contributed by atoms with E-state index in [0.29, 0.717) is 33.4 Å². The molecule has 0 bridgehead atoms. The highest BCUT2D eigenvalue weighted by molar-refractivity contribution is 6.33. The molecule has 0 unspecified atom stereocenters. The maximum absolute atomic E-state index is 15.1. The number of fused-ring (bicyclic) bond motifs is 4. The van der Waals surface area contributed by atoms with Crippen molar-refractivity contribution >= 4 is 52.6 Å². The van der Waals surface area contributed by atoms with Gasteiger partial charge in [0.05, 0.1) is 40.4 Å². The number of rotatable bonds is 6. The Morgan fingerprint density at radius 2 is 1.76 bits per heavy atom. The fourth-order valence-electron chi connectivity index (χ4n) is 8.15. The molecule has 4 amide bonds. The highest BCUT2D eigenvalue weighted by Crippen LogP contribution is 2.65. The third kappa shape index (κ3) is 4.87. The number of carbonyl (C=O) groups excluding carboxylic acids is 4. The van der Waals surface area contributed by atoms with E-state index in [4.69, 9.17) is 27.9 Å². The first-order chi connectivity index (χ1) is 23.7. The maximum Gasteiger partial charge on any atom is 0.417 e. The van der Waals surface area contributed by atoms with Gasteiger partial charge >= 0.3 is 6.18 Å². The van der Waals surface area contributed by atoms with E-state index in [1.165, 1.54) is 18.2 Å². The summed E-state index contributed by atoms with van der Waals surface area (Å²) < 4.78 is 45.8. The minimum atomic E-state index is -4.77. The highest BCUT2D eigenvalue weighted by atomic mass is 35.5. The fraction of sp³-hybridized carbons (Fsp3) is 0.324. The minimum absolute atomic E-state index is 0.0249. The first kappa shape index (κ1) is 33.8. The van der Waals surface area contributed by atoms with Crippen LogP contribution >= 0.6 is 23.2 Å². The summed E-state index contributed by atoms with van der Waals surface area (Å²) in [7, 11) is 0. The summed E-state index contributed by atoms with van der Waals surface area (Å²) in [5.41, 5.74) is 0.505. The summed E-state index contributed by atoms with van der Waals surface area (Å²) in [5.74, 6) is -9.27. The minimum Gasteiger partial charge on any atom is -0.504 e. The number of pyridine rings is 1. The number of hydrogen-bond donors (Lipinski definition) is 3. The molecule has 6 atom stereocenters. The Labute approximate surface area is 292 Å². The third-order valence-corrected chi connectivity index (χ3v) is 10.7. The van der Waals surface area contributed by atoms with Gasteiger partial charge in [0.15, 0.2) is 17.3 Å². The number of phenols is 1. The predicted molar refractivity (Wildman–Crippen MR) is 170 cm³/mol. The molecule has 4 aliphatic rings. The second kappa shape index (κ2) is 12.0. The van der Waals surface area contributed by atoms with Crippen LogP contribution in [0.1, 0.15) is 42.4 Å². The van der Waals surface area contributed by atoms with Crippen LogP contribution in [0.15, 0.2) is 66.4 Å². The number of nitrogens with one attached hydrogen (secondary N) is 1. The van der Waals surface area contributed by atoms with Crippen LogP contribution in [0.4, 0.5) is 19.0 Å². The predicted octanol–water partition coefficient (Wildman–Crippen LogP) is 5.89. The maximum atomic E-state index is 15.1. The van der Waals surface area contributed by atoms with Gasteiger partial charge in [0.2, 0.25) is 0 Å². The zero-order valence-corrected chi connectivity index (χ0v) is 27.5. The van der Waals surface area contributed by atoms with E-state index in [1.54, 1.807) is 37.3 Å². The first-order valence-corrected chi connectivity index (χ1v) is 16.3. The number of hydroxylamine groups is 2. The standard InChI is InChI=1S/C34H27Cl2F3N4O7/c1-2-50-24-5-3-4-20(27(24)44)26-18-10-11-19-25(31(47)43(49)29(19)45)21(18)13-22-30(46)42(32(48)33(22,26)15-6-8-17(35)9-7-15)41-28-23(36)12-16(14-40-28)34(37,38)39/h3-10,12,14,19,21-22,25-26,44,49H,2,11,13H2,1H3,(H,40,41)/t19-,21+,22-,25-,26+,33+/m0/s1. The van der Waals surface area contributed by atoms with Crippen molar-refractivity contribution in [1.29, 1.82) is 0 Å². The van der Waals surface area contributed by atoms with Crippen LogP contribution in [-0.2, 0) is 30.8 Å². The number of anilines is 1. The van der Waals surface area contributed by atoms with Crippen LogP contribution < -0.4 is 10.2 Å². The van der Waals surface area contributed by atoms with Crippen molar-refractivity contribution in [3.63, 3.8) is 0 Å². The van der Waals surface area contributed by atoms with Crippen molar-refractivity contribution < 1.29 is 47.4 Å². The van der Waals surface area contributed by atoms with Crippen LogP contribution in [0.3, 0.4) is 0 Å². The third-order valence-electron chi connectivity index (χ3n) is 10.2. The Morgan fingerprint density at radius 1 is 1.04 bits per heavy atom. The molecule has 3 fully saturated rings. The number of hydrogen-bond acceptors (Lipinski definition) is 9. The number of allylic oxidation sites excluding steroid dienone is 2. The Kier molecular flexibility index (Phi) is 8.11. The van der Waals surface area contributed by atoms with E-state index in [-0.39, 0.29) is 41.6 Å². The number of ether oxygens (including phenoxy) is 1. The van der Waals surface area contributed by atoms with Gasteiger partial charge in [-0.1, -0.05) is 59.1 Å². The van der Waals surface area contributed by atoms with Gasteiger partial charge in [-0.15, -0.1) is 0 Å². The monoisotopic (exact) mass is 730 g/mol. The van der Waals surface area contributed by atoms with Crippen LogP contribution in [0, 0.1) is 23.7 Å². The van der Waals surface area contributed by atoms with E-state index in [9.17, 15) is 37.9 Å². The molecule has 3 aromatic rings. The summed E-state index contributed by atoms with van der Waals surface area (Å²) in [6, 6.07) is 11.5. The lowest BCUT2D eigenvalue weighted by Gasteiger charge is -2.50. The van der Waals surface area contributed by atoms with E-state index in [0.717, 1.165) is 0 Å². The Balaban J connectivity index is 1.46. The van der Waals surface area contributed by atoms with Gasteiger partial charge in [-0.05, 0) is 55.5 Å². The van der Waals surface area contributed by atoms with Crippen LogP contribution in [0.2, 0.25) is 10.0 Å². The number of benzene rings is 2. The van der Waals surface area contributed by atoms with Gasteiger partial charge in [-0.25, -0.2) is 4.98 Å². The number of amides is 4. The first-order valence-electron chi connectivity index (χ1n) is 15.6. The number of phenolic OH excluding ortho intramolecular Hbond substituents is 1. The average molecular weight is 732 g/mol. The summed E-state index contributed by atoms with van der Waals surface area (Å²) in [6.07, 6.45) is -2.68. The van der Waals surface area contributed by atoms with E-state index >= 15 is 4.79 Å². The summed E-state index contributed by atoms with van der Waals surface area (Å²) >= 11 is 12.4. The normalized spacial score (nSPS) is 27.6. The molecule has 0 spiro atoms. The van der Waals surface area contributed by atoms with Gasteiger partial charge in [0.25, 0.3) is 23.6 Å².